The molecule has 0 saturated heterocycles. The van der Waals surface area contributed by atoms with Gasteiger partial charge in [-0.3, -0.25) is 9.13 Å². The zero-order valence-electron chi connectivity index (χ0n) is 27.4. The van der Waals surface area contributed by atoms with Crippen LogP contribution in [0.15, 0.2) is 109 Å². The van der Waals surface area contributed by atoms with Crippen LogP contribution in [0.1, 0.15) is 22.3 Å². The van der Waals surface area contributed by atoms with Gasteiger partial charge in [0.15, 0.2) is 0 Å². The number of nitrogens with zero attached hydrogens (tertiary/aromatic N) is 4. The summed E-state index contributed by atoms with van der Waals surface area (Å²) < 4.78 is 87.6. The second kappa shape index (κ2) is 10.2. The van der Waals surface area contributed by atoms with E-state index in [2.05, 4.69) is 9.97 Å². The molecular formula is C42H24F6N4. The Kier molecular flexibility index (Phi) is 6.02. The highest BCUT2D eigenvalue weighted by Gasteiger charge is 2.33. The van der Waals surface area contributed by atoms with Gasteiger partial charge in [0, 0.05) is 45.3 Å². The van der Waals surface area contributed by atoms with Gasteiger partial charge < -0.3 is 0 Å². The molecule has 0 bridgehead atoms. The minimum atomic E-state index is -4.52. The van der Waals surface area contributed by atoms with Crippen LogP contribution < -0.4 is 0 Å². The van der Waals surface area contributed by atoms with Gasteiger partial charge in [-0.05, 0) is 130 Å². The van der Waals surface area contributed by atoms with Gasteiger partial charge in [0.1, 0.15) is 11.3 Å². The number of rotatable bonds is 2. The van der Waals surface area contributed by atoms with Crippen LogP contribution >= 0.6 is 0 Å². The molecule has 6 aromatic carbocycles. The highest BCUT2D eigenvalue weighted by molar-refractivity contribution is 6.37. The molecule has 254 valence electrons. The molecule has 0 unspecified atom stereocenters. The van der Waals surface area contributed by atoms with E-state index in [9.17, 15) is 26.3 Å². The van der Waals surface area contributed by atoms with Crippen molar-refractivity contribution >= 4 is 76.2 Å². The summed E-state index contributed by atoms with van der Waals surface area (Å²) in [4.78, 5) is 9.34. The van der Waals surface area contributed by atoms with Crippen molar-refractivity contribution in [3.05, 3.63) is 132 Å². The summed E-state index contributed by atoms with van der Waals surface area (Å²) in [5.41, 5.74) is 2.76. The summed E-state index contributed by atoms with van der Waals surface area (Å²) in [5, 5.41) is 8.91. The fourth-order valence-corrected chi connectivity index (χ4v) is 8.24. The number of halogens is 6. The highest BCUT2D eigenvalue weighted by atomic mass is 19.4. The van der Waals surface area contributed by atoms with E-state index in [1.54, 1.807) is 47.5 Å². The molecule has 0 saturated carbocycles. The van der Waals surface area contributed by atoms with Crippen molar-refractivity contribution in [1.82, 2.24) is 19.1 Å². The Morgan fingerprint density at radius 2 is 0.885 bits per heavy atom. The fraction of sp³-hybridized carbons (Fsp3) is 0.0952. The van der Waals surface area contributed by atoms with Gasteiger partial charge in [0.25, 0.3) is 0 Å². The third-order valence-corrected chi connectivity index (χ3v) is 10.2. The summed E-state index contributed by atoms with van der Waals surface area (Å²) in [7, 11) is 0. The lowest BCUT2D eigenvalue weighted by molar-refractivity contribution is -0.138. The Bertz CT molecular complexity index is 2920. The van der Waals surface area contributed by atoms with E-state index in [1.165, 1.54) is 0 Å². The third-order valence-electron chi connectivity index (χ3n) is 10.2. The molecule has 0 atom stereocenters. The molecule has 10 heteroatoms. The second-order valence-corrected chi connectivity index (χ2v) is 13.5. The van der Waals surface area contributed by atoms with Gasteiger partial charge in [-0.1, -0.05) is 24.3 Å². The van der Waals surface area contributed by atoms with Crippen molar-refractivity contribution < 1.29 is 26.3 Å². The Hall–Kier alpha value is -6.16. The average molecular weight is 699 g/mol. The first-order chi connectivity index (χ1) is 24.9. The minimum Gasteiger partial charge on any atom is -0.294 e. The van der Waals surface area contributed by atoms with Crippen molar-refractivity contribution in [3.8, 4) is 11.4 Å². The molecular weight excluding hydrogens is 674 g/mol. The number of benzene rings is 6. The predicted octanol–water partition coefficient (Wildman–Crippen LogP) is 12.2. The number of hydrogen-bond donors (Lipinski definition) is 0. The average Bonchev–Trinajstić information content (AvgIpc) is 3.61. The highest BCUT2D eigenvalue weighted by Crippen LogP contribution is 2.47. The largest absolute Gasteiger partial charge is 0.416 e. The van der Waals surface area contributed by atoms with Crippen molar-refractivity contribution in [2.75, 3.05) is 0 Å². The zero-order valence-corrected chi connectivity index (χ0v) is 27.4. The van der Waals surface area contributed by atoms with Gasteiger partial charge in [-0.25, -0.2) is 9.97 Å². The Balaban J connectivity index is 1.33. The normalized spacial score (nSPS) is 13.0. The van der Waals surface area contributed by atoms with E-state index in [0.717, 1.165) is 89.2 Å². The number of fused-ring (bicyclic) bond motifs is 8. The zero-order chi connectivity index (χ0) is 35.8. The van der Waals surface area contributed by atoms with Crippen LogP contribution in [0.3, 0.4) is 0 Å². The van der Waals surface area contributed by atoms with Crippen molar-refractivity contribution in [3.63, 3.8) is 0 Å². The van der Waals surface area contributed by atoms with E-state index in [0.29, 0.717) is 33.8 Å². The minimum absolute atomic E-state index is 0.366. The molecule has 10 aromatic rings. The van der Waals surface area contributed by atoms with Crippen LogP contribution in [-0.2, 0) is 12.4 Å². The molecule has 0 N–H and O–H groups in total. The molecule has 0 aliphatic heterocycles. The summed E-state index contributed by atoms with van der Waals surface area (Å²) in [6, 6.07) is 27.7. The standard InChI is InChI=1S/C42H24F6N4/c1-21-13-25(41(43,44)45)19-27(15-21)51-33-17-23-7-10-30-36-24(8-9-29(35(23)36)37(33)31-5-3-11-49-39(31)51)18-34-38(30)32-6-4-12-50-40(32)52(34)28-16-22(2)14-26(20-28)42(46,47)48/h3-20H,1-2H3. The van der Waals surface area contributed by atoms with Crippen LogP contribution in [0.2, 0.25) is 0 Å². The first-order valence-corrected chi connectivity index (χ1v) is 16.5. The number of aromatic nitrogens is 4. The molecule has 0 spiro atoms. The lowest BCUT2D eigenvalue weighted by Gasteiger charge is -2.16. The van der Waals surface area contributed by atoms with Gasteiger partial charge in [0.05, 0.1) is 22.2 Å². The maximum absolute atomic E-state index is 14.0. The smallest absolute Gasteiger partial charge is 0.294 e. The Morgan fingerprint density at radius 1 is 0.462 bits per heavy atom. The molecule has 4 aromatic heterocycles. The maximum Gasteiger partial charge on any atom is 0.416 e. The van der Waals surface area contributed by atoms with Crippen molar-refractivity contribution in [1.29, 1.82) is 0 Å². The lowest BCUT2D eigenvalue weighted by atomic mass is 9.90. The molecule has 4 nitrogen and oxygen atoms in total. The molecule has 0 fully saturated rings. The third kappa shape index (κ3) is 4.23. The van der Waals surface area contributed by atoms with Crippen molar-refractivity contribution in [2.24, 2.45) is 0 Å². The second-order valence-electron chi connectivity index (χ2n) is 13.5. The van der Waals surface area contributed by atoms with E-state index in [-0.39, 0.29) is 0 Å². The van der Waals surface area contributed by atoms with Crippen LogP contribution in [0, 0.1) is 13.8 Å². The summed E-state index contributed by atoms with van der Waals surface area (Å²) >= 11 is 0. The van der Waals surface area contributed by atoms with E-state index in [1.807, 2.05) is 60.7 Å². The molecule has 0 amide bonds. The SMILES string of the molecule is Cc1cc(-n2c3cc4ccc5c6c(ccc(c46)c3c3cccnc32)cc2c5c3cccnc3n2-c2cc(C)cc(C(F)(F)F)c2)cc(C(F)(F)F)c1. The van der Waals surface area contributed by atoms with Crippen molar-refractivity contribution in [2.45, 2.75) is 26.2 Å². The van der Waals surface area contributed by atoms with E-state index < -0.39 is 23.5 Å². The molecule has 0 aliphatic carbocycles. The number of alkyl halides is 6. The van der Waals surface area contributed by atoms with Gasteiger partial charge in [-0.15, -0.1) is 0 Å². The number of aryl methyl sites for hydroxylation is 2. The van der Waals surface area contributed by atoms with Gasteiger partial charge in [0.2, 0.25) is 0 Å². The van der Waals surface area contributed by atoms with Gasteiger partial charge in [-0.2, -0.15) is 26.3 Å². The maximum atomic E-state index is 14.0. The molecule has 4 heterocycles. The Labute approximate surface area is 290 Å². The van der Waals surface area contributed by atoms with E-state index in [4.69, 9.17) is 0 Å². The fourth-order valence-electron chi connectivity index (χ4n) is 8.24. The molecule has 52 heavy (non-hydrogen) atoms. The summed E-state index contributed by atoms with van der Waals surface area (Å²) in [5.74, 6) is 0. The van der Waals surface area contributed by atoms with Crippen LogP contribution in [0.5, 0.6) is 0 Å². The Morgan fingerprint density at radius 3 is 1.29 bits per heavy atom. The monoisotopic (exact) mass is 698 g/mol. The molecule has 10 rings (SSSR count). The predicted molar refractivity (Wildman–Crippen MR) is 194 cm³/mol. The summed E-state index contributed by atoms with van der Waals surface area (Å²) in [6.45, 7) is 3.30. The van der Waals surface area contributed by atoms with E-state index >= 15 is 0 Å². The summed E-state index contributed by atoms with van der Waals surface area (Å²) in [6.07, 6.45) is -5.76. The van der Waals surface area contributed by atoms with Gasteiger partial charge >= 0.3 is 12.4 Å². The van der Waals surface area contributed by atoms with Crippen LogP contribution in [0.25, 0.3) is 87.6 Å². The topological polar surface area (TPSA) is 35.6 Å². The number of pyridine rings is 2. The first kappa shape index (κ1) is 30.6. The molecule has 0 radical (unpaired) electrons. The number of hydrogen-bond acceptors (Lipinski definition) is 2. The lowest BCUT2D eigenvalue weighted by Crippen LogP contribution is -2.07. The quantitative estimate of drug-likeness (QED) is 0.133. The first-order valence-electron chi connectivity index (χ1n) is 16.5. The van der Waals surface area contributed by atoms with Crippen LogP contribution in [0.4, 0.5) is 26.3 Å². The molecule has 0 aliphatic rings. The van der Waals surface area contributed by atoms with Crippen LogP contribution in [-0.4, -0.2) is 19.1 Å².